The van der Waals surface area contributed by atoms with E-state index in [0.717, 1.165) is 0 Å². The first-order valence-electron chi connectivity index (χ1n) is 6.24. The Hall–Kier alpha value is -1.78. The molecule has 1 amide bonds. The maximum absolute atomic E-state index is 11.8. The summed E-state index contributed by atoms with van der Waals surface area (Å²) in [5, 5.41) is 2.57. The first kappa shape index (κ1) is 15.3. The maximum atomic E-state index is 11.8. The van der Waals surface area contributed by atoms with Crippen LogP contribution in [0.3, 0.4) is 0 Å². The molecule has 0 fully saturated rings. The SMILES string of the molecule is COC(=O)[C@@H](NC(=O)OC(C)(C)C)[C@H]1C=CC=CC1. The molecule has 0 radical (unpaired) electrons. The molecule has 0 aliphatic heterocycles. The minimum absolute atomic E-state index is 0.120. The van der Waals surface area contributed by atoms with Gasteiger partial charge in [-0.2, -0.15) is 0 Å². The lowest BCUT2D eigenvalue weighted by molar-refractivity contribution is -0.144. The van der Waals surface area contributed by atoms with Gasteiger partial charge in [0.1, 0.15) is 11.6 Å². The van der Waals surface area contributed by atoms with E-state index in [1.807, 2.05) is 24.3 Å². The van der Waals surface area contributed by atoms with E-state index < -0.39 is 23.7 Å². The Bertz CT molecular complexity index is 393. The second-order valence-corrected chi connectivity index (χ2v) is 5.36. The van der Waals surface area contributed by atoms with Crippen LogP contribution in [0.4, 0.5) is 4.79 Å². The summed E-state index contributed by atoms with van der Waals surface area (Å²) in [5.74, 6) is -0.597. The predicted molar refractivity (Wildman–Crippen MR) is 71.6 cm³/mol. The molecule has 0 aromatic heterocycles. The number of hydrogen-bond acceptors (Lipinski definition) is 4. The van der Waals surface area contributed by atoms with Crippen LogP contribution < -0.4 is 5.32 Å². The zero-order chi connectivity index (χ0) is 14.5. The summed E-state index contributed by atoms with van der Waals surface area (Å²) in [6.07, 6.45) is 7.62. The van der Waals surface area contributed by atoms with Gasteiger partial charge >= 0.3 is 12.1 Å². The van der Waals surface area contributed by atoms with E-state index in [0.29, 0.717) is 6.42 Å². The molecule has 1 N–H and O–H groups in total. The maximum Gasteiger partial charge on any atom is 0.408 e. The summed E-state index contributed by atoms with van der Waals surface area (Å²) < 4.78 is 9.88. The molecule has 0 unspecified atom stereocenters. The molecule has 106 valence electrons. The van der Waals surface area contributed by atoms with Gasteiger partial charge < -0.3 is 14.8 Å². The third-order valence-corrected chi connectivity index (χ3v) is 2.57. The third-order valence-electron chi connectivity index (χ3n) is 2.57. The average Bonchev–Trinajstić information content (AvgIpc) is 2.34. The first-order valence-corrected chi connectivity index (χ1v) is 6.24. The fourth-order valence-corrected chi connectivity index (χ4v) is 1.75. The van der Waals surface area contributed by atoms with E-state index in [2.05, 4.69) is 5.32 Å². The van der Waals surface area contributed by atoms with E-state index in [-0.39, 0.29) is 5.92 Å². The number of methoxy groups -OCH3 is 1. The van der Waals surface area contributed by atoms with Crippen LogP contribution in [0.2, 0.25) is 0 Å². The molecule has 0 saturated carbocycles. The van der Waals surface area contributed by atoms with Crippen LogP contribution in [0, 0.1) is 5.92 Å². The van der Waals surface area contributed by atoms with E-state index in [1.165, 1.54) is 7.11 Å². The molecule has 0 spiro atoms. The van der Waals surface area contributed by atoms with E-state index in [9.17, 15) is 9.59 Å². The van der Waals surface area contributed by atoms with Crippen molar-refractivity contribution in [1.82, 2.24) is 5.32 Å². The van der Waals surface area contributed by atoms with Crippen molar-refractivity contribution < 1.29 is 19.1 Å². The molecule has 2 atom stereocenters. The number of hydrogen-bond donors (Lipinski definition) is 1. The van der Waals surface area contributed by atoms with E-state index in [1.54, 1.807) is 20.8 Å². The number of rotatable bonds is 3. The first-order chi connectivity index (χ1) is 8.83. The van der Waals surface area contributed by atoms with Gasteiger partial charge in [0.2, 0.25) is 0 Å². The number of nitrogens with one attached hydrogen (secondary N) is 1. The number of esters is 1. The van der Waals surface area contributed by atoms with Gasteiger partial charge in [0, 0.05) is 5.92 Å². The molecular weight excluding hydrogens is 246 g/mol. The second kappa shape index (κ2) is 6.41. The van der Waals surface area contributed by atoms with Crippen molar-refractivity contribution >= 4 is 12.1 Å². The molecule has 0 bridgehead atoms. The number of carbonyl (C=O) groups is 2. The largest absolute Gasteiger partial charge is 0.467 e. The molecule has 19 heavy (non-hydrogen) atoms. The van der Waals surface area contributed by atoms with Crippen LogP contribution in [0.5, 0.6) is 0 Å². The van der Waals surface area contributed by atoms with Crippen LogP contribution >= 0.6 is 0 Å². The summed E-state index contributed by atoms with van der Waals surface area (Å²) in [6.45, 7) is 5.30. The van der Waals surface area contributed by atoms with Crippen molar-refractivity contribution in [2.24, 2.45) is 5.92 Å². The number of alkyl carbamates (subject to hydrolysis) is 1. The van der Waals surface area contributed by atoms with Crippen molar-refractivity contribution in [2.75, 3.05) is 7.11 Å². The quantitative estimate of drug-likeness (QED) is 0.796. The number of carbonyl (C=O) groups excluding carboxylic acids is 2. The van der Waals surface area contributed by atoms with Gasteiger partial charge in [-0.25, -0.2) is 9.59 Å². The standard InChI is InChI=1S/C14H21NO4/c1-14(2,3)19-13(17)15-11(12(16)18-4)10-8-6-5-7-9-10/h5-8,10-11H,9H2,1-4H3,(H,15,17)/t10-,11-/m0/s1. The smallest absolute Gasteiger partial charge is 0.408 e. The highest BCUT2D eigenvalue weighted by Crippen LogP contribution is 2.18. The summed E-state index contributed by atoms with van der Waals surface area (Å²) in [4.78, 5) is 23.5. The van der Waals surface area contributed by atoms with E-state index in [4.69, 9.17) is 9.47 Å². The van der Waals surface area contributed by atoms with Gasteiger partial charge in [-0.15, -0.1) is 0 Å². The monoisotopic (exact) mass is 267 g/mol. The Morgan fingerprint density at radius 1 is 1.32 bits per heavy atom. The Morgan fingerprint density at radius 3 is 2.47 bits per heavy atom. The summed E-state index contributed by atoms with van der Waals surface area (Å²) in [6, 6.07) is -0.735. The molecular formula is C14H21NO4. The minimum atomic E-state index is -0.735. The summed E-state index contributed by atoms with van der Waals surface area (Å²) in [5.41, 5.74) is -0.604. The molecule has 0 heterocycles. The second-order valence-electron chi connectivity index (χ2n) is 5.36. The Morgan fingerprint density at radius 2 is 2.00 bits per heavy atom. The van der Waals surface area contributed by atoms with Gasteiger partial charge in [-0.1, -0.05) is 24.3 Å². The Labute approximate surface area is 113 Å². The summed E-state index contributed by atoms with van der Waals surface area (Å²) >= 11 is 0. The molecule has 1 aliphatic rings. The topological polar surface area (TPSA) is 64.6 Å². The van der Waals surface area contributed by atoms with Crippen molar-refractivity contribution in [3.63, 3.8) is 0 Å². The van der Waals surface area contributed by atoms with Crippen molar-refractivity contribution in [3.8, 4) is 0 Å². The van der Waals surface area contributed by atoms with Crippen molar-refractivity contribution in [2.45, 2.75) is 38.8 Å². The van der Waals surface area contributed by atoms with Crippen LogP contribution in [0.25, 0.3) is 0 Å². The molecule has 1 aliphatic carbocycles. The molecule has 0 saturated heterocycles. The van der Waals surface area contributed by atoms with Gasteiger partial charge in [-0.05, 0) is 27.2 Å². The van der Waals surface area contributed by atoms with Gasteiger partial charge in [0.05, 0.1) is 7.11 Å². The zero-order valence-corrected chi connectivity index (χ0v) is 11.8. The molecule has 5 heteroatoms. The predicted octanol–water partition coefficient (Wildman–Crippen LogP) is 2.18. The molecule has 0 aromatic rings. The summed E-state index contributed by atoms with van der Waals surface area (Å²) in [7, 11) is 1.30. The number of amides is 1. The Kier molecular flexibility index (Phi) is 5.15. The van der Waals surface area contributed by atoms with Crippen LogP contribution in [-0.2, 0) is 14.3 Å². The fraction of sp³-hybridized carbons (Fsp3) is 0.571. The highest BCUT2D eigenvalue weighted by molar-refractivity contribution is 5.82. The molecule has 1 rings (SSSR count). The molecule has 5 nitrogen and oxygen atoms in total. The normalized spacial score (nSPS) is 19.7. The highest BCUT2D eigenvalue weighted by Gasteiger charge is 2.30. The average molecular weight is 267 g/mol. The lowest BCUT2D eigenvalue weighted by atomic mass is 9.93. The van der Waals surface area contributed by atoms with Crippen molar-refractivity contribution in [3.05, 3.63) is 24.3 Å². The van der Waals surface area contributed by atoms with Crippen molar-refractivity contribution in [1.29, 1.82) is 0 Å². The lowest BCUT2D eigenvalue weighted by Gasteiger charge is -2.26. The van der Waals surface area contributed by atoms with Gasteiger partial charge in [-0.3, -0.25) is 0 Å². The van der Waals surface area contributed by atoms with E-state index >= 15 is 0 Å². The minimum Gasteiger partial charge on any atom is -0.467 e. The third kappa shape index (κ3) is 5.16. The van der Waals surface area contributed by atoms with Crippen LogP contribution in [0.15, 0.2) is 24.3 Å². The lowest BCUT2D eigenvalue weighted by Crippen LogP contribution is -2.47. The highest BCUT2D eigenvalue weighted by atomic mass is 16.6. The number of allylic oxidation sites excluding steroid dienone is 3. The number of ether oxygens (including phenoxy) is 2. The Balaban J connectivity index is 2.70. The van der Waals surface area contributed by atoms with Crippen LogP contribution in [0.1, 0.15) is 27.2 Å². The zero-order valence-electron chi connectivity index (χ0n) is 11.8. The van der Waals surface area contributed by atoms with Gasteiger partial charge in [0.25, 0.3) is 0 Å². The fourth-order valence-electron chi connectivity index (χ4n) is 1.75. The van der Waals surface area contributed by atoms with Crippen LogP contribution in [-0.4, -0.2) is 30.8 Å². The van der Waals surface area contributed by atoms with Gasteiger partial charge in [0.15, 0.2) is 0 Å². The molecule has 0 aromatic carbocycles.